The van der Waals surface area contributed by atoms with E-state index in [0.717, 1.165) is 12.8 Å². The number of methoxy groups -OCH3 is 1. The van der Waals surface area contributed by atoms with Gasteiger partial charge in [-0.25, -0.2) is 0 Å². The normalized spacial score (nSPS) is 33.2. The second-order valence-electron chi connectivity index (χ2n) is 4.72. The Labute approximate surface area is 95.6 Å². The quantitative estimate of drug-likeness (QED) is 0.316. The summed E-state index contributed by atoms with van der Waals surface area (Å²) in [7, 11) is 1.59. The van der Waals surface area contributed by atoms with E-state index < -0.39 is 0 Å². The fourth-order valence-corrected chi connectivity index (χ4v) is 2.46. The van der Waals surface area contributed by atoms with Gasteiger partial charge in [-0.3, -0.25) is 4.79 Å². The van der Waals surface area contributed by atoms with Crippen molar-refractivity contribution in [1.82, 2.24) is 0 Å². The summed E-state index contributed by atoms with van der Waals surface area (Å²) in [5.41, 5.74) is 1.14. The van der Waals surface area contributed by atoms with Gasteiger partial charge in [-0.2, -0.15) is 0 Å². The van der Waals surface area contributed by atoms with Crippen molar-refractivity contribution in [3.8, 4) is 0 Å². The van der Waals surface area contributed by atoms with Crippen molar-refractivity contribution in [2.45, 2.75) is 32.3 Å². The molecular weight excluding hydrogens is 208 g/mol. The van der Waals surface area contributed by atoms with Gasteiger partial charge < -0.3 is 14.2 Å². The van der Waals surface area contributed by atoms with Gasteiger partial charge >= 0.3 is 5.97 Å². The van der Waals surface area contributed by atoms with Crippen LogP contribution >= 0.6 is 0 Å². The lowest BCUT2D eigenvalue weighted by atomic mass is 9.73. The van der Waals surface area contributed by atoms with Crippen molar-refractivity contribution in [2.24, 2.45) is 5.41 Å². The van der Waals surface area contributed by atoms with E-state index in [0.29, 0.717) is 13.0 Å². The zero-order valence-electron chi connectivity index (χ0n) is 9.82. The molecule has 1 heterocycles. The average Bonchev–Trinajstić information content (AvgIpc) is 2.54. The molecule has 0 bridgehead atoms. The predicted molar refractivity (Wildman–Crippen MR) is 57.7 cm³/mol. The number of hydrogen-bond donors (Lipinski definition) is 0. The summed E-state index contributed by atoms with van der Waals surface area (Å²) in [6, 6.07) is 0. The third-order valence-electron chi connectivity index (χ3n) is 3.40. The van der Waals surface area contributed by atoms with E-state index in [2.05, 4.69) is 13.0 Å². The maximum absolute atomic E-state index is 11.4. The number of hydrogen-bond acceptors (Lipinski definition) is 4. The van der Waals surface area contributed by atoms with Crippen LogP contribution < -0.4 is 0 Å². The summed E-state index contributed by atoms with van der Waals surface area (Å²) in [5, 5.41) is 0. The fraction of sp³-hybridized carbons (Fsp3) is 0.750. The maximum Gasteiger partial charge on any atom is 0.307 e. The fourth-order valence-electron chi connectivity index (χ4n) is 2.46. The monoisotopic (exact) mass is 226 g/mol. The van der Waals surface area contributed by atoms with Gasteiger partial charge in [-0.15, -0.1) is 0 Å². The molecule has 90 valence electrons. The highest BCUT2D eigenvalue weighted by Gasteiger charge is 2.49. The van der Waals surface area contributed by atoms with Crippen molar-refractivity contribution in [1.29, 1.82) is 0 Å². The largest absolute Gasteiger partial charge is 0.457 e. The van der Waals surface area contributed by atoms with E-state index in [-0.39, 0.29) is 24.3 Å². The molecule has 0 aromatic heterocycles. The van der Waals surface area contributed by atoms with Crippen molar-refractivity contribution >= 4 is 5.97 Å². The Morgan fingerprint density at radius 2 is 2.44 bits per heavy atom. The molecule has 0 aromatic rings. The summed E-state index contributed by atoms with van der Waals surface area (Å²) in [6.45, 7) is 2.87. The van der Waals surface area contributed by atoms with E-state index in [1.54, 1.807) is 7.11 Å². The molecule has 0 radical (unpaired) electrons. The maximum atomic E-state index is 11.4. The summed E-state index contributed by atoms with van der Waals surface area (Å²) < 4.78 is 15.6. The molecule has 1 aliphatic heterocycles. The van der Waals surface area contributed by atoms with Crippen LogP contribution in [-0.2, 0) is 19.0 Å². The topological polar surface area (TPSA) is 44.8 Å². The van der Waals surface area contributed by atoms with Crippen LogP contribution in [0.15, 0.2) is 11.6 Å². The molecule has 0 saturated carbocycles. The Bertz CT molecular complexity index is 310. The summed E-state index contributed by atoms with van der Waals surface area (Å²) in [6.07, 6.45) is 4.39. The predicted octanol–water partition coefficient (Wildman–Crippen LogP) is 1.65. The number of rotatable bonds is 4. The second-order valence-corrected chi connectivity index (χ2v) is 4.72. The third kappa shape index (κ3) is 2.13. The number of ether oxygens (including phenoxy) is 3. The first kappa shape index (κ1) is 11.6. The molecule has 4 heteroatoms. The first-order valence-electron chi connectivity index (χ1n) is 5.60. The van der Waals surface area contributed by atoms with Gasteiger partial charge in [0.05, 0.1) is 13.0 Å². The summed E-state index contributed by atoms with van der Waals surface area (Å²) in [5.74, 6) is -0.114. The van der Waals surface area contributed by atoms with Crippen LogP contribution in [0.4, 0.5) is 0 Å². The number of fused-ring (bicyclic) bond motifs is 1. The van der Waals surface area contributed by atoms with Crippen molar-refractivity contribution in [3.05, 3.63) is 11.6 Å². The minimum Gasteiger partial charge on any atom is -0.457 e. The van der Waals surface area contributed by atoms with Crippen LogP contribution in [0, 0.1) is 5.41 Å². The SMILES string of the molecule is COCOC[C@]12CCC(C)=C[C@H]1OC(=O)C2. The van der Waals surface area contributed by atoms with Crippen molar-refractivity contribution < 1.29 is 19.0 Å². The van der Waals surface area contributed by atoms with Crippen LogP contribution in [-0.4, -0.2) is 32.6 Å². The average molecular weight is 226 g/mol. The van der Waals surface area contributed by atoms with E-state index in [4.69, 9.17) is 14.2 Å². The molecule has 0 spiro atoms. The highest BCUT2D eigenvalue weighted by atomic mass is 16.7. The van der Waals surface area contributed by atoms with Gasteiger partial charge in [0.15, 0.2) is 0 Å². The first-order valence-corrected chi connectivity index (χ1v) is 5.60. The van der Waals surface area contributed by atoms with Crippen molar-refractivity contribution in [2.75, 3.05) is 20.5 Å². The molecule has 1 fully saturated rings. The minimum atomic E-state index is -0.158. The number of esters is 1. The first-order chi connectivity index (χ1) is 7.66. The van der Waals surface area contributed by atoms with Crippen LogP contribution in [0.2, 0.25) is 0 Å². The van der Waals surface area contributed by atoms with Gasteiger partial charge in [0.2, 0.25) is 0 Å². The lowest BCUT2D eigenvalue weighted by Crippen LogP contribution is -2.37. The Hall–Kier alpha value is -0.870. The molecule has 2 rings (SSSR count). The van der Waals surface area contributed by atoms with Gasteiger partial charge in [-0.1, -0.05) is 5.57 Å². The number of carbonyl (C=O) groups excluding carboxylic acids is 1. The van der Waals surface area contributed by atoms with Crippen LogP contribution in [0.1, 0.15) is 26.2 Å². The van der Waals surface area contributed by atoms with Gasteiger partial charge in [-0.05, 0) is 25.8 Å². The van der Waals surface area contributed by atoms with E-state index in [9.17, 15) is 4.79 Å². The lowest BCUT2D eigenvalue weighted by molar-refractivity contribution is -0.140. The van der Waals surface area contributed by atoms with Gasteiger partial charge in [0, 0.05) is 12.5 Å². The molecule has 0 aromatic carbocycles. The highest BCUT2D eigenvalue weighted by molar-refractivity contribution is 5.73. The summed E-state index contributed by atoms with van der Waals surface area (Å²) in [4.78, 5) is 11.4. The molecule has 0 unspecified atom stereocenters. The van der Waals surface area contributed by atoms with E-state index >= 15 is 0 Å². The Morgan fingerprint density at radius 1 is 1.62 bits per heavy atom. The van der Waals surface area contributed by atoms with Crippen LogP contribution in [0.25, 0.3) is 0 Å². The molecule has 0 amide bonds. The third-order valence-corrected chi connectivity index (χ3v) is 3.40. The molecular formula is C12H18O4. The Balaban J connectivity index is 2.07. The van der Waals surface area contributed by atoms with E-state index in [1.165, 1.54) is 5.57 Å². The Morgan fingerprint density at radius 3 is 3.19 bits per heavy atom. The van der Waals surface area contributed by atoms with E-state index in [1.807, 2.05) is 0 Å². The van der Waals surface area contributed by atoms with Gasteiger partial charge in [0.25, 0.3) is 0 Å². The van der Waals surface area contributed by atoms with Crippen molar-refractivity contribution in [3.63, 3.8) is 0 Å². The molecule has 2 aliphatic rings. The standard InChI is InChI=1S/C12H18O4/c1-9-3-4-12(7-15-8-14-2)6-11(13)16-10(12)5-9/h5,10H,3-4,6-8H2,1-2H3/t10-,12-/m1/s1. The number of carbonyl (C=O) groups is 1. The smallest absolute Gasteiger partial charge is 0.307 e. The van der Waals surface area contributed by atoms with Gasteiger partial charge in [0.1, 0.15) is 12.9 Å². The molecule has 16 heavy (non-hydrogen) atoms. The minimum absolute atomic E-state index is 0.106. The summed E-state index contributed by atoms with van der Waals surface area (Å²) >= 11 is 0. The zero-order valence-corrected chi connectivity index (χ0v) is 9.82. The molecule has 1 aliphatic carbocycles. The number of allylic oxidation sites excluding steroid dienone is 1. The van der Waals surface area contributed by atoms with Crippen LogP contribution in [0.3, 0.4) is 0 Å². The molecule has 1 saturated heterocycles. The zero-order chi connectivity index (χ0) is 11.6. The molecule has 0 N–H and O–H groups in total. The highest BCUT2D eigenvalue weighted by Crippen LogP contribution is 2.45. The molecule has 2 atom stereocenters. The second kappa shape index (κ2) is 4.55. The Kier molecular flexibility index (Phi) is 3.30. The lowest BCUT2D eigenvalue weighted by Gasteiger charge is -2.34. The molecule has 4 nitrogen and oxygen atoms in total. The van der Waals surface area contributed by atoms with Crippen LogP contribution in [0.5, 0.6) is 0 Å².